The summed E-state index contributed by atoms with van der Waals surface area (Å²) in [6.45, 7) is 10.3. The largest absolute Gasteiger partial charge is 0.384 e. The van der Waals surface area contributed by atoms with Gasteiger partial charge in [-0.2, -0.15) is 5.10 Å². The van der Waals surface area contributed by atoms with Crippen molar-refractivity contribution in [2.45, 2.75) is 90.3 Å². The van der Waals surface area contributed by atoms with Crippen molar-refractivity contribution in [2.24, 2.45) is 27.6 Å². The van der Waals surface area contributed by atoms with E-state index >= 15 is 0 Å². The van der Waals surface area contributed by atoms with Crippen molar-refractivity contribution in [1.29, 1.82) is 0 Å². The van der Waals surface area contributed by atoms with E-state index in [0.29, 0.717) is 23.3 Å². The van der Waals surface area contributed by atoms with Crippen LogP contribution in [0, 0.1) is 5.92 Å². The molecule has 0 aromatic heterocycles. The molecule has 232 valence electrons. The number of nitrogens with zero attached hydrogens (tertiary/aromatic N) is 3. The van der Waals surface area contributed by atoms with Crippen molar-refractivity contribution in [3.8, 4) is 0 Å². The summed E-state index contributed by atoms with van der Waals surface area (Å²) in [4.78, 5) is 34.5. The molecule has 1 fully saturated rings. The topological polar surface area (TPSA) is 126 Å². The first-order valence-electron chi connectivity index (χ1n) is 15.0. The molecule has 0 aromatic carbocycles. The number of unbranched alkanes of at least 4 members (excludes halogenated alkanes) is 1. The van der Waals surface area contributed by atoms with E-state index in [2.05, 4.69) is 37.8 Å². The van der Waals surface area contributed by atoms with Crippen LogP contribution in [0.2, 0.25) is 0 Å². The Morgan fingerprint density at radius 2 is 2.05 bits per heavy atom. The van der Waals surface area contributed by atoms with Gasteiger partial charge >= 0.3 is 0 Å². The molecular formula is C32H48Cl2N6O2. The van der Waals surface area contributed by atoms with Gasteiger partial charge in [-0.1, -0.05) is 77.0 Å². The van der Waals surface area contributed by atoms with Crippen molar-refractivity contribution in [3.05, 3.63) is 59.8 Å². The SMILES string of the molecule is C=C/C(=C\C(=C/CCl)C1=NC2(CCCCC2C)N([C@@H](C/C=C\C(=C/CCC)C(=O)NC/C(N)=N/N)CCC)C1=O)CCl. The normalized spacial score (nSPS) is 23.1. The van der Waals surface area contributed by atoms with Gasteiger partial charge < -0.3 is 21.8 Å². The second-order valence-corrected chi connectivity index (χ2v) is 11.4. The average molecular weight is 620 g/mol. The van der Waals surface area contributed by atoms with E-state index in [1.54, 1.807) is 6.08 Å². The molecule has 2 amide bonds. The number of amides is 2. The van der Waals surface area contributed by atoms with Crippen LogP contribution in [0.5, 0.6) is 0 Å². The third-order valence-electron chi connectivity index (χ3n) is 7.90. The van der Waals surface area contributed by atoms with Gasteiger partial charge in [-0.3, -0.25) is 14.6 Å². The Labute approximate surface area is 261 Å². The molecule has 1 saturated carbocycles. The molecule has 42 heavy (non-hydrogen) atoms. The zero-order chi connectivity index (χ0) is 31.1. The molecule has 5 N–H and O–H groups in total. The van der Waals surface area contributed by atoms with Gasteiger partial charge in [0.15, 0.2) is 0 Å². The first kappa shape index (κ1) is 35.4. The highest BCUT2D eigenvalue weighted by Crippen LogP contribution is 2.45. The molecule has 2 rings (SSSR count). The van der Waals surface area contributed by atoms with Gasteiger partial charge in [-0.15, -0.1) is 23.2 Å². The number of aliphatic imine (C=N–C) groups is 1. The average Bonchev–Trinajstić information content (AvgIpc) is 3.28. The summed E-state index contributed by atoms with van der Waals surface area (Å²) in [5, 5.41) is 6.17. The molecule has 1 aliphatic carbocycles. The summed E-state index contributed by atoms with van der Waals surface area (Å²) < 4.78 is 0. The highest BCUT2D eigenvalue weighted by molar-refractivity contribution is 6.47. The van der Waals surface area contributed by atoms with E-state index < -0.39 is 5.66 Å². The Balaban J connectivity index is 2.48. The first-order chi connectivity index (χ1) is 20.2. The van der Waals surface area contributed by atoms with Crippen molar-refractivity contribution in [1.82, 2.24) is 10.2 Å². The van der Waals surface area contributed by atoms with Crippen LogP contribution in [0.4, 0.5) is 0 Å². The molecule has 0 saturated heterocycles. The van der Waals surface area contributed by atoms with Gasteiger partial charge in [-0.05, 0) is 56.1 Å². The van der Waals surface area contributed by atoms with Crippen molar-refractivity contribution >= 4 is 46.6 Å². The molecule has 3 atom stereocenters. The van der Waals surface area contributed by atoms with Crippen LogP contribution in [-0.4, -0.2) is 58.3 Å². The number of nitrogens with two attached hydrogens (primary N) is 2. The lowest BCUT2D eigenvalue weighted by Crippen LogP contribution is -2.56. The summed E-state index contributed by atoms with van der Waals surface area (Å²) >= 11 is 12.3. The quantitative estimate of drug-likeness (QED) is 0.0379. The lowest BCUT2D eigenvalue weighted by atomic mass is 9.78. The molecule has 1 heterocycles. The van der Waals surface area contributed by atoms with E-state index in [1.165, 1.54) is 0 Å². The Morgan fingerprint density at radius 1 is 1.29 bits per heavy atom. The maximum Gasteiger partial charge on any atom is 0.274 e. The third kappa shape index (κ3) is 9.08. The number of rotatable bonds is 16. The second-order valence-electron chi connectivity index (χ2n) is 10.9. The fourth-order valence-corrected chi connectivity index (χ4v) is 6.00. The number of allylic oxidation sites excluding steroid dienone is 5. The molecule has 1 aliphatic heterocycles. The maximum atomic E-state index is 14.3. The second kappa shape index (κ2) is 18.0. The zero-order valence-electron chi connectivity index (χ0n) is 25.4. The lowest BCUT2D eigenvalue weighted by Gasteiger charge is -2.47. The number of nitrogens with one attached hydrogen (secondary N) is 1. The van der Waals surface area contributed by atoms with Gasteiger partial charge in [0, 0.05) is 28.9 Å². The van der Waals surface area contributed by atoms with Gasteiger partial charge in [-0.25, -0.2) is 0 Å². The summed E-state index contributed by atoms with van der Waals surface area (Å²) in [6.07, 6.45) is 19.0. The van der Waals surface area contributed by atoms with E-state index in [9.17, 15) is 9.59 Å². The highest BCUT2D eigenvalue weighted by atomic mass is 35.5. The molecule has 8 nitrogen and oxygen atoms in total. The minimum absolute atomic E-state index is 0.0673. The minimum atomic E-state index is -0.621. The molecule has 2 aliphatic rings. The number of carbonyl (C=O) groups excluding carboxylic acids is 2. The van der Waals surface area contributed by atoms with Crippen LogP contribution < -0.4 is 16.9 Å². The summed E-state index contributed by atoms with van der Waals surface area (Å²) in [5.41, 5.74) is 7.47. The predicted octanol–water partition coefficient (Wildman–Crippen LogP) is 5.88. The van der Waals surface area contributed by atoms with E-state index in [-0.39, 0.29) is 47.9 Å². The number of alkyl halides is 2. The Morgan fingerprint density at radius 3 is 2.64 bits per heavy atom. The summed E-state index contributed by atoms with van der Waals surface area (Å²) in [5.74, 6) is 5.71. The summed E-state index contributed by atoms with van der Waals surface area (Å²) in [6, 6.07) is -0.0933. The number of hydrazone groups is 1. The first-order valence-corrected chi connectivity index (χ1v) is 16.1. The van der Waals surface area contributed by atoms with Crippen LogP contribution >= 0.6 is 23.2 Å². The highest BCUT2D eigenvalue weighted by Gasteiger charge is 2.53. The van der Waals surface area contributed by atoms with Crippen molar-refractivity contribution < 1.29 is 9.59 Å². The molecule has 0 aromatic rings. The van der Waals surface area contributed by atoms with Crippen LogP contribution in [0.25, 0.3) is 0 Å². The molecule has 0 radical (unpaired) electrons. The monoisotopic (exact) mass is 618 g/mol. The lowest BCUT2D eigenvalue weighted by molar-refractivity contribution is -0.135. The Hall–Kier alpha value is -2.84. The summed E-state index contributed by atoms with van der Waals surface area (Å²) in [7, 11) is 0. The minimum Gasteiger partial charge on any atom is -0.384 e. The number of hydrogen-bond acceptors (Lipinski definition) is 5. The van der Waals surface area contributed by atoms with E-state index in [4.69, 9.17) is 39.8 Å². The maximum absolute atomic E-state index is 14.3. The zero-order valence-corrected chi connectivity index (χ0v) is 26.9. The van der Waals surface area contributed by atoms with Gasteiger partial charge in [0.05, 0.1) is 6.54 Å². The number of amidine groups is 1. The number of carbonyl (C=O) groups is 2. The van der Waals surface area contributed by atoms with Crippen molar-refractivity contribution in [2.75, 3.05) is 18.3 Å². The van der Waals surface area contributed by atoms with Crippen molar-refractivity contribution in [3.63, 3.8) is 0 Å². The Bertz CT molecular complexity index is 1140. The van der Waals surface area contributed by atoms with Crippen LogP contribution in [0.3, 0.4) is 0 Å². The standard InChI is InChI=1S/C32H48Cl2N6O2/c1-5-8-14-25(30(41)37-22-28(35)39-36)15-11-16-27(12-6-2)40-31(42)29(26(17-19-33)20-24(7-3)21-34)38-32(40)18-10-9-13-23(32)4/h7,11,14-15,17,20,23,27H,3,5-6,8-10,12-13,16,18-19,21-22,36H2,1-2,4H3,(H2,35,39)(H,37,41)/b15-11-,24-20+,25-14+,26-17+/t23?,27-,32?/m1/s1. The van der Waals surface area contributed by atoms with Crippen LogP contribution in [0.1, 0.15) is 78.6 Å². The predicted molar refractivity (Wildman–Crippen MR) is 177 cm³/mol. The molecule has 1 spiro atoms. The third-order valence-corrected chi connectivity index (χ3v) is 8.36. The molecular weight excluding hydrogens is 571 g/mol. The molecule has 10 heteroatoms. The van der Waals surface area contributed by atoms with E-state index in [1.807, 2.05) is 35.3 Å². The molecule has 2 unspecified atom stereocenters. The van der Waals surface area contributed by atoms with Crippen LogP contribution in [0.15, 0.2) is 69.8 Å². The van der Waals surface area contributed by atoms with Crippen LogP contribution in [-0.2, 0) is 9.59 Å². The number of halogens is 2. The van der Waals surface area contributed by atoms with Gasteiger partial charge in [0.2, 0.25) is 0 Å². The molecule has 0 bridgehead atoms. The fourth-order valence-electron chi connectivity index (χ4n) is 5.64. The Kier molecular flexibility index (Phi) is 15.1. The smallest absolute Gasteiger partial charge is 0.274 e. The van der Waals surface area contributed by atoms with Gasteiger partial charge in [0.1, 0.15) is 17.2 Å². The van der Waals surface area contributed by atoms with Gasteiger partial charge in [0.25, 0.3) is 11.8 Å². The fraction of sp³-hybridized carbons (Fsp3) is 0.562. The van der Waals surface area contributed by atoms with E-state index in [0.717, 1.165) is 56.9 Å². The number of hydrogen-bond donors (Lipinski definition) is 3.